The van der Waals surface area contributed by atoms with Crippen LogP contribution in [0.4, 0.5) is 0 Å². The molecule has 1 aromatic carbocycles. The fraction of sp³-hybridized carbons (Fsp3) is 0.294. The third kappa shape index (κ3) is 2.98. The SMILES string of the molecule is O=C(c1ccc(Cl)cc1)N1CCC(O)(c2cccnc2)CC1. The number of halogens is 1. The van der Waals surface area contributed by atoms with Gasteiger partial charge >= 0.3 is 0 Å². The molecule has 1 N–H and O–H groups in total. The Labute approximate surface area is 134 Å². The maximum absolute atomic E-state index is 12.4. The molecule has 0 radical (unpaired) electrons. The molecule has 114 valence electrons. The van der Waals surface area contributed by atoms with E-state index >= 15 is 0 Å². The van der Waals surface area contributed by atoms with Crippen molar-refractivity contribution in [1.29, 1.82) is 0 Å². The number of carbonyl (C=O) groups is 1. The molecular formula is C17H17ClN2O2. The van der Waals surface area contributed by atoms with Gasteiger partial charge in [-0.15, -0.1) is 0 Å². The summed E-state index contributed by atoms with van der Waals surface area (Å²) in [7, 11) is 0. The Kier molecular flexibility index (Phi) is 4.14. The van der Waals surface area contributed by atoms with Crippen molar-refractivity contribution in [3.05, 3.63) is 64.9 Å². The molecule has 0 saturated carbocycles. The van der Waals surface area contributed by atoms with E-state index in [-0.39, 0.29) is 5.91 Å². The van der Waals surface area contributed by atoms with E-state index in [9.17, 15) is 9.90 Å². The Morgan fingerprint density at radius 2 is 1.86 bits per heavy atom. The van der Waals surface area contributed by atoms with Crippen LogP contribution in [-0.2, 0) is 5.60 Å². The van der Waals surface area contributed by atoms with Gasteiger partial charge in [-0.2, -0.15) is 0 Å². The molecule has 0 bridgehead atoms. The predicted octanol–water partition coefficient (Wildman–Crippen LogP) is 2.86. The number of hydrogen-bond donors (Lipinski definition) is 1. The second kappa shape index (κ2) is 6.07. The summed E-state index contributed by atoms with van der Waals surface area (Å²) in [5.74, 6) is -0.0232. The Balaban J connectivity index is 1.69. The van der Waals surface area contributed by atoms with Gasteiger partial charge in [-0.25, -0.2) is 0 Å². The summed E-state index contributed by atoms with van der Waals surface area (Å²) < 4.78 is 0. The lowest BCUT2D eigenvalue weighted by molar-refractivity contribution is -0.0213. The first-order valence-corrected chi connectivity index (χ1v) is 7.64. The molecule has 0 atom stereocenters. The van der Waals surface area contributed by atoms with Gasteiger partial charge in [-0.05, 0) is 43.2 Å². The summed E-state index contributed by atoms with van der Waals surface area (Å²) in [4.78, 5) is 18.3. The van der Waals surface area contributed by atoms with Crippen molar-refractivity contribution in [2.75, 3.05) is 13.1 Å². The average molecular weight is 317 g/mol. The first-order chi connectivity index (χ1) is 10.6. The zero-order chi connectivity index (χ0) is 15.6. The first kappa shape index (κ1) is 15.0. The summed E-state index contributed by atoms with van der Waals surface area (Å²) in [6.45, 7) is 1.04. The second-order valence-corrected chi connectivity index (χ2v) is 6.01. The van der Waals surface area contributed by atoms with Gasteiger partial charge in [0.05, 0.1) is 5.60 Å². The van der Waals surface area contributed by atoms with E-state index in [0.717, 1.165) is 5.56 Å². The molecule has 22 heavy (non-hydrogen) atoms. The molecule has 4 nitrogen and oxygen atoms in total. The van der Waals surface area contributed by atoms with Gasteiger partial charge in [-0.1, -0.05) is 17.7 Å². The lowest BCUT2D eigenvalue weighted by atomic mass is 9.85. The number of rotatable bonds is 2. The van der Waals surface area contributed by atoms with E-state index in [2.05, 4.69) is 4.98 Å². The van der Waals surface area contributed by atoms with Gasteiger partial charge in [-0.3, -0.25) is 9.78 Å². The number of amides is 1. The fourth-order valence-corrected chi connectivity index (χ4v) is 2.91. The second-order valence-electron chi connectivity index (χ2n) is 5.57. The zero-order valence-electron chi connectivity index (χ0n) is 12.1. The van der Waals surface area contributed by atoms with Crippen LogP contribution in [0, 0.1) is 0 Å². The van der Waals surface area contributed by atoms with Crippen molar-refractivity contribution in [1.82, 2.24) is 9.88 Å². The van der Waals surface area contributed by atoms with E-state index in [1.54, 1.807) is 41.6 Å². The van der Waals surface area contributed by atoms with Gasteiger partial charge in [0.25, 0.3) is 5.91 Å². The Morgan fingerprint density at radius 1 is 1.18 bits per heavy atom. The number of aromatic nitrogens is 1. The van der Waals surface area contributed by atoms with Gasteiger partial charge in [0.2, 0.25) is 0 Å². The van der Waals surface area contributed by atoms with E-state index < -0.39 is 5.60 Å². The molecule has 1 aliphatic heterocycles. The van der Waals surface area contributed by atoms with Gasteiger partial charge in [0.1, 0.15) is 0 Å². The summed E-state index contributed by atoms with van der Waals surface area (Å²) in [5, 5.41) is 11.4. The Bertz CT molecular complexity index is 650. The number of hydrogen-bond acceptors (Lipinski definition) is 3. The topological polar surface area (TPSA) is 53.4 Å². The third-order valence-corrected chi connectivity index (χ3v) is 4.42. The highest BCUT2D eigenvalue weighted by atomic mass is 35.5. The number of nitrogens with zero attached hydrogens (tertiary/aromatic N) is 2. The lowest BCUT2D eigenvalue weighted by Crippen LogP contribution is -2.45. The minimum Gasteiger partial charge on any atom is -0.385 e. The summed E-state index contributed by atoms with van der Waals surface area (Å²) in [6.07, 6.45) is 4.40. The van der Waals surface area contributed by atoms with Crippen LogP contribution >= 0.6 is 11.6 Å². The molecule has 1 fully saturated rings. The molecule has 0 unspecified atom stereocenters. The van der Waals surface area contributed by atoms with E-state index in [0.29, 0.717) is 36.5 Å². The predicted molar refractivity (Wildman–Crippen MR) is 84.7 cm³/mol. The number of benzene rings is 1. The molecule has 3 rings (SSSR count). The highest BCUT2D eigenvalue weighted by Crippen LogP contribution is 2.32. The summed E-state index contributed by atoms with van der Waals surface area (Å²) in [6, 6.07) is 10.6. The lowest BCUT2D eigenvalue weighted by Gasteiger charge is -2.38. The molecule has 5 heteroatoms. The Morgan fingerprint density at radius 3 is 2.45 bits per heavy atom. The molecular weight excluding hydrogens is 300 g/mol. The standard InChI is InChI=1S/C17H17ClN2O2/c18-15-5-3-13(4-6-15)16(21)20-10-7-17(22,8-11-20)14-2-1-9-19-12-14/h1-6,9,12,22H,7-8,10-11H2. The quantitative estimate of drug-likeness (QED) is 0.927. The van der Waals surface area contributed by atoms with Crippen LogP contribution < -0.4 is 0 Å². The molecule has 0 aliphatic carbocycles. The van der Waals surface area contributed by atoms with E-state index in [4.69, 9.17) is 11.6 Å². The number of carbonyl (C=O) groups excluding carboxylic acids is 1. The molecule has 2 heterocycles. The largest absolute Gasteiger partial charge is 0.385 e. The minimum atomic E-state index is -0.898. The normalized spacial score (nSPS) is 17.3. The van der Waals surface area contributed by atoms with Gasteiger partial charge in [0, 0.05) is 41.6 Å². The van der Waals surface area contributed by atoms with Crippen LogP contribution in [0.5, 0.6) is 0 Å². The molecule has 1 saturated heterocycles. The summed E-state index contributed by atoms with van der Waals surface area (Å²) in [5.41, 5.74) is 0.537. The molecule has 2 aromatic rings. The van der Waals surface area contributed by atoms with Crippen LogP contribution in [0.3, 0.4) is 0 Å². The Hall–Kier alpha value is -1.91. The van der Waals surface area contributed by atoms with Crippen LogP contribution in [0.25, 0.3) is 0 Å². The molecule has 1 amide bonds. The maximum Gasteiger partial charge on any atom is 0.253 e. The molecule has 1 aromatic heterocycles. The minimum absolute atomic E-state index is 0.0232. The molecule has 0 spiro atoms. The van der Waals surface area contributed by atoms with Crippen LogP contribution in [-0.4, -0.2) is 34.0 Å². The number of pyridine rings is 1. The fourth-order valence-electron chi connectivity index (χ4n) is 2.78. The van der Waals surface area contributed by atoms with E-state index in [1.165, 1.54) is 0 Å². The monoisotopic (exact) mass is 316 g/mol. The molecule has 1 aliphatic rings. The van der Waals surface area contributed by atoms with Crippen LogP contribution in [0.15, 0.2) is 48.8 Å². The number of likely N-dealkylation sites (tertiary alicyclic amines) is 1. The number of piperidine rings is 1. The van der Waals surface area contributed by atoms with E-state index in [1.807, 2.05) is 12.1 Å². The van der Waals surface area contributed by atoms with Crippen molar-refractivity contribution >= 4 is 17.5 Å². The van der Waals surface area contributed by atoms with Crippen molar-refractivity contribution in [3.63, 3.8) is 0 Å². The average Bonchev–Trinajstić information content (AvgIpc) is 2.56. The summed E-state index contributed by atoms with van der Waals surface area (Å²) >= 11 is 5.84. The van der Waals surface area contributed by atoms with Gasteiger partial charge in [0.15, 0.2) is 0 Å². The highest BCUT2D eigenvalue weighted by molar-refractivity contribution is 6.30. The number of aliphatic hydroxyl groups is 1. The van der Waals surface area contributed by atoms with Crippen LogP contribution in [0.1, 0.15) is 28.8 Å². The smallest absolute Gasteiger partial charge is 0.253 e. The highest BCUT2D eigenvalue weighted by Gasteiger charge is 2.35. The maximum atomic E-state index is 12.4. The van der Waals surface area contributed by atoms with Gasteiger partial charge < -0.3 is 10.0 Å². The zero-order valence-corrected chi connectivity index (χ0v) is 12.8. The van der Waals surface area contributed by atoms with Crippen molar-refractivity contribution < 1.29 is 9.90 Å². The van der Waals surface area contributed by atoms with Crippen LogP contribution in [0.2, 0.25) is 5.02 Å². The third-order valence-electron chi connectivity index (χ3n) is 4.17. The van der Waals surface area contributed by atoms with Crippen molar-refractivity contribution in [2.45, 2.75) is 18.4 Å². The first-order valence-electron chi connectivity index (χ1n) is 7.26. The van der Waals surface area contributed by atoms with Crippen molar-refractivity contribution in [3.8, 4) is 0 Å². The van der Waals surface area contributed by atoms with Crippen molar-refractivity contribution in [2.24, 2.45) is 0 Å².